The third-order valence-corrected chi connectivity index (χ3v) is 4.61. The van der Waals surface area contributed by atoms with E-state index in [1.54, 1.807) is 7.11 Å². The monoisotopic (exact) mass is 340 g/mol. The largest absolute Gasteiger partial charge is 0.497 e. The molecule has 0 aliphatic rings. The second-order valence-corrected chi connectivity index (χ2v) is 6.25. The molecule has 25 heavy (non-hydrogen) atoms. The van der Waals surface area contributed by atoms with Crippen molar-refractivity contribution in [1.29, 1.82) is 0 Å². The fourth-order valence-corrected chi connectivity index (χ4v) is 3.16. The van der Waals surface area contributed by atoms with E-state index in [4.69, 9.17) is 10.5 Å². The van der Waals surface area contributed by atoms with Crippen molar-refractivity contribution in [1.82, 2.24) is 4.57 Å². The maximum Gasteiger partial charge on any atom is 0.356 e. The van der Waals surface area contributed by atoms with Crippen LogP contribution < -0.4 is 15.0 Å². The van der Waals surface area contributed by atoms with E-state index in [0.717, 1.165) is 41.7 Å². The number of aliphatic hydroxyl groups is 1. The number of benzene rings is 2. The normalized spacial score (nSPS) is 12.4. The quantitative estimate of drug-likeness (QED) is 0.650. The van der Waals surface area contributed by atoms with Crippen molar-refractivity contribution in [3.8, 4) is 5.75 Å². The topological polar surface area (TPSA) is 64.3 Å². The van der Waals surface area contributed by atoms with Crippen LogP contribution in [0, 0.1) is 0 Å². The average Bonchev–Trinajstić information content (AvgIpc) is 2.91. The van der Waals surface area contributed by atoms with Gasteiger partial charge in [-0.1, -0.05) is 37.6 Å². The first-order chi connectivity index (χ1) is 12.2. The summed E-state index contributed by atoms with van der Waals surface area (Å²) in [6, 6.07) is 15.6. The third-order valence-electron chi connectivity index (χ3n) is 4.61. The summed E-state index contributed by atoms with van der Waals surface area (Å²) >= 11 is 0. The summed E-state index contributed by atoms with van der Waals surface area (Å²) in [5.41, 5.74) is 9.42. The molecular formula is C20H26N3O2+. The minimum absolute atomic E-state index is 0.414. The van der Waals surface area contributed by atoms with Crippen molar-refractivity contribution in [3.05, 3.63) is 54.1 Å². The maximum atomic E-state index is 10.7. The lowest BCUT2D eigenvalue weighted by molar-refractivity contribution is -0.666. The summed E-state index contributed by atoms with van der Waals surface area (Å²) in [7, 11) is 1.63. The molecule has 5 heteroatoms. The number of methoxy groups -OCH3 is 1. The van der Waals surface area contributed by atoms with E-state index in [2.05, 4.69) is 23.6 Å². The first kappa shape index (κ1) is 17.3. The summed E-state index contributed by atoms with van der Waals surface area (Å²) < 4.78 is 9.31. The van der Waals surface area contributed by atoms with Gasteiger partial charge in [-0.05, 0) is 36.2 Å². The molecule has 0 spiro atoms. The zero-order valence-electron chi connectivity index (χ0n) is 14.9. The number of nitrogen functional groups attached to an aromatic ring is 1. The Bertz CT molecular complexity index is 840. The fraction of sp³-hybridized carbons (Fsp3) is 0.350. The summed E-state index contributed by atoms with van der Waals surface area (Å²) in [5, 5.41) is 10.7. The van der Waals surface area contributed by atoms with Crippen LogP contribution >= 0.6 is 0 Å². The van der Waals surface area contributed by atoms with Crippen LogP contribution in [0.2, 0.25) is 0 Å². The van der Waals surface area contributed by atoms with E-state index in [-0.39, 0.29) is 0 Å². The van der Waals surface area contributed by atoms with Gasteiger partial charge in [0.15, 0.2) is 0 Å². The highest BCUT2D eigenvalue weighted by molar-refractivity contribution is 5.73. The molecule has 0 saturated heterocycles. The van der Waals surface area contributed by atoms with E-state index in [0.29, 0.717) is 12.5 Å². The molecule has 3 aromatic rings. The van der Waals surface area contributed by atoms with Crippen molar-refractivity contribution in [2.45, 2.75) is 39.0 Å². The zero-order chi connectivity index (χ0) is 17.8. The molecular weight excluding hydrogens is 314 g/mol. The Hall–Kier alpha value is -2.53. The zero-order valence-corrected chi connectivity index (χ0v) is 14.9. The second-order valence-electron chi connectivity index (χ2n) is 6.25. The number of fused-ring (bicyclic) bond motifs is 1. The molecule has 0 fully saturated rings. The van der Waals surface area contributed by atoms with Crippen LogP contribution in [-0.4, -0.2) is 16.8 Å². The van der Waals surface area contributed by atoms with E-state index < -0.39 is 6.10 Å². The van der Waals surface area contributed by atoms with Gasteiger partial charge in [-0.2, -0.15) is 0 Å². The number of hydrogen-bond acceptors (Lipinski definition) is 3. The molecule has 2 aromatic carbocycles. The summed E-state index contributed by atoms with van der Waals surface area (Å²) in [5.74, 6) is 1.46. The molecule has 5 nitrogen and oxygen atoms in total. The molecule has 0 radical (unpaired) electrons. The number of aryl methyl sites for hydroxylation is 1. The van der Waals surface area contributed by atoms with Gasteiger partial charge in [0.2, 0.25) is 0 Å². The Kier molecular flexibility index (Phi) is 5.24. The van der Waals surface area contributed by atoms with Crippen LogP contribution in [0.1, 0.15) is 31.4 Å². The smallest absolute Gasteiger partial charge is 0.356 e. The molecule has 1 atom stereocenters. The van der Waals surface area contributed by atoms with Gasteiger partial charge in [0, 0.05) is 0 Å². The SMILES string of the molecule is CCCCn1c(N)[n+](C[C@H](O)c2ccc(OC)cc2)c2ccccc21. The predicted molar refractivity (Wildman–Crippen MR) is 99.4 cm³/mol. The highest BCUT2D eigenvalue weighted by Crippen LogP contribution is 2.21. The van der Waals surface area contributed by atoms with Crippen molar-refractivity contribution < 1.29 is 14.4 Å². The van der Waals surface area contributed by atoms with Crippen molar-refractivity contribution in [2.75, 3.05) is 12.8 Å². The van der Waals surface area contributed by atoms with E-state index in [9.17, 15) is 5.11 Å². The van der Waals surface area contributed by atoms with Crippen molar-refractivity contribution >= 4 is 17.0 Å². The van der Waals surface area contributed by atoms with Crippen LogP contribution in [0.4, 0.5) is 5.95 Å². The van der Waals surface area contributed by atoms with Gasteiger partial charge in [-0.3, -0.25) is 5.73 Å². The number of ether oxygens (including phenoxy) is 1. The molecule has 3 N–H and O–H groups in total. The molecule has 0 unspecified atom stereocenters. The Morgan fingerprint density at radius 1 is 1.16 bits per heavy atom. The minimum Gasteiger partial charge on any atom is -0.497 e. The molecule has 0 bridgehead atoms. The third kappa shape index (κ3) is 3.46. The van der Waals surface area contributed by atoms with Gasteiger partial charge in [0.25, 0.3) is 0 Å². The van der Waals surface area contributed by atoms with Crippen molar-refractivity contribution in [3.63, 3.8) is 0 Å². The molecule has 3 rings (SSSR count). The van der Waals surface area contributed by atoms with Gasteiger partial charge in [0.05, 0.1) is 13.7 Å². The molecule has 1 heterocycles. The number of nitrogens with two attached hydrogens (primary N) is 1. The highest BCUT2D eigenvalue weighted by Gasteiger charge is 2.23. The van der Waals surface area contributed by atoms with Crippen LogP contribution in [0.5, 0.6) is 5.75 Å². The number of anilines is 1. The lowest BCUT2D eigenvalue weighted by Gasteiger charge is -2.11. The second kappa shape index (κ2) is 7.57. The molecule has 0 amide bonds. The van der Waals surface area contributed by atoms with Crippen LogP contribution in [-0.2, 0) is 13.1 Å². The van der Waals surface area contributed by atoms with Gasteiger partial charge in [-0.25, -0.2) is 9.13 Å². The summed E-state index contributed by atoms with van der Waals surface area (Å²) in [6.07, 6.45) is 1.55. The van der Waals surface area contributed by atoms with Crippen LogP contribution in [0.15, 0.2) is 48.5 Å². The minimum atomic E-state index is -0.636. The molecule has 0 saturated carbocycles. The van der Waals surface area contributed by atoms with Gasteiger partial charge >= 0.3 is 5.95 Å². The predicted octanol–water partition coefficient (Wildman–Crippen LogP) is 3.05. The van der Waals surface area contributed by atoms with Gasteiger partial charge in [0.1, 0.15) is 29.4 Å². The fourth-order valence-electron chi connectivity index (χ4n) is 3.16. The summed E-state index contributed by atoms with van der Waals surface area (Å²) in [4.78, 5) is 0. The molecule has 1 aromatic heterocycles. The number of hydrogen-bond donors (Lipinski definition) is 2. The van der Waals surface area contributed by atoms with Gasteiger partial charge in [-0.15, -0.1) is 0 Å². The Morgan fingerprint density at radius 3 is 2.56 bits per heavy atom. The lowest BCUT2D eigenvalue weighted by atomic mass is 10.1. The number of para-hydroxylation sites is 2. The molecule has 0 aliphatic carbocycles. The summed E-state index contributed by atoms with van der Waals surface area (Å²) in [6.45, 7) is 3.47. The number of unbranched alkanes of at least 4 members (excludes halogenated alkanes) is 1. The Balaban J connectivity index is 1.93. The number of imidazole rings is 1. The number of rotatable bonds is 7. The Labute approximate surface area is 148 Å². The van der Waals surface area contributed by atoms with E-state index >= 15 is 0 Å². The average molecular weight is 340 g/mol. The highest BCUT2D eigenvalue weighted by atomic mass is 16.5. The van der Waals surface area contributed by atoms with Crippen molar-refractivity contribution in [2.24, 2.45) is 0 Å². The first-order valence-corrected chi connectivity index (χ1v) is 8.74. The van der Waals surface area contributed by atoms with Crippen LogP contribution in [0.25, 0.3) is 11.0 Å². The van der Waals surface area contributed by atoms with Crippen LogP contribution in [0.3, 0.4) is 0 Å². The number of aromatic nitrogens is 2. The standard InChI is InChI=1S/C20H25N3O2/c1-3-4-13-22-17-7-5-6-8-18(17)23(20(22)21)14-19(24)15-9-11-16(25-2)12-10-15/h5-12,19,21,24H,3-4,13-14H2,1-2H3/p+1/t19-/m0/s1. The molecule has 132 valence electrons. The number of aliphatic hydroxyl groups excluding tert-OH is 1. The number of nitrogens with zero attached hydrogens (tertiary/aromatic N) is 2. The maximum absolute atomic E-state index is 10.7. The van der Waals surface area contributed by atoms with E-state index in [1.807, 2.05) is 41.0 Å². The Morgan fingerprint density at radius 2 is 1.88 bits per heavy atom. The lowest BCUT2D eigenvalue weighted by Crippen LogP contribution is -2.39. The van der Waals surface area contributed by atoms with Gasteiger partial charge < -0.3 is 9.84 Å². The first-order valence-electron chi connectivity index (χ1n) is 8.74. The van der Waals surface area contributed by atoms with E-state index in [1.165, 1.54) is 0 Å². The molecule has 0 aliphatic heterocycles.